The summed E-state index contributed by atoms with van der Waals surface area (Å²) in [5.41, 5.74) is 3.52. The van der Waals surface area contributed by atoms with Crippen LogP contribution in [0.5, 0.6) is 0 Å². The lowest BCUT2D eigenvalue weighted by molar-refractivity contribution is -0.125. The summed E-state index contributed by atoms with van der Waals surface area (Å²) in [7, 11) is 4.00. The minimum atomic E-state index is -0.227. The number of hydrogen-bond donors (Lipinski definition) is 1. The molecule has 7 nitrogen and oxygen atoms in total. The van der Waals surface area contributed by atoms with Crippen LogP contribution in [0.4, 0.5) is 11.5 Å². The van der Waals surface area contributed by atoms with Crippen LogP contribution in [0.2, 0.25) is 5.02 Å². The molecule has 0 saturated carbocycles. The van der Waals surface area contributed by atoms with Crippen molar-refractivity contribution in [3.8, 4) is 5.69 Å². The van der Waals surface area contributed by atoms with Gasteiger partial charge < -0.3 is 15.1 Å². The molecule has 1 N–H and O–H groups in total. The highest BCUT2D eigenvalue weighted by Crippen LogP contribution is 2.23. The van der Waals surface area contributed by atoms with Gasteiger partial charge in [0.05, 0.1) is 11.6 Å². The Morgan fingerprint density at radius 2 is 1.91 bits per heavy atom. The molecule has 1 saturated heterocycles. The van der Waals surface area contributed by atoms with E-state index in [1.54, 1.807) is 12.1 Å². The molecular weight excluding hydrogens is 450 g/mol. The SMILES string of the molecule is Cc1ccc(-n2nc(N3CCC[C@@H](C(=O)NCc4ccc(N(C)C)cc4)C3)ccc2=O)cc1Cl. The summed E-state index contributed by atoms with van der Waals surface area (Å²) in [5, 5.41) is 8.25. The lowest BCUT2D eigenvalue weighted by Crippen LogP contribution is -2.43. The Hall–Kier alpha value is -3.32. The molecule has 1 aromatic heterocycles. The fourth-order valence-electron chi connectivity index (χ4n) is 4.11. The average molecular weight is 480 g/mol. The highest BCUT2D eigenvalue weighted by molar-refractivity contribution is 6.31. The Kier molecular flexibility index (Phi) is 7.22. The molecule has 2 aromatic carbocycles. The Morgan fingerprint density at radius 1 is 1.15 bits per heavy atom. The molecule has 178 valence electrons. The van der Waals surface area contributed by atoms with Gasteiger partial charge in [-0.3, -0.25) is 9.59 Å². The maximum Gasteiger partial charge on any atom is 0.271 e. The number of nitrogens with zero attached hydrogens (tertiary/aromatic N) is 4. The van der Waals surface area contributed by atoms with Gasteiger partial charge in [0.15, 0.2) is 0 Å². The molecule has 0 spiro atoms. The summed E-state index contributed by atoms with van der Waals surface area (Å²) < 4.78 is 1.36. The van der Waals surface area contributed by atoms with E-state index in [0.29, 0.717) is 29.6 Å². The van der Waals surface area contributed by atoms with Crippen LogP contribution in [0.1, 0.15) is 24.0 Å². The van der Waals surface area contributed by atoms with Crippen LogP contribution < -0.4 is 20.7 Å². The molecule has 0 radical (unpaired) electrons. The molecule has 4 rings (SSSR count). The van der Waals surface area contributed by atoms with E-state index in [2.05, 4.69) is 15.3 Å². The number of amides is 1. The fraction of sp³-hybridized carbons (Fsp3) is 0.346. The topological polar surface area (TPSA) is 70.5 Å². The normalized spacial score (nSPS) is 15.8. The van der Waals surface area contributed by atoms with E-state index in [1.807, 2.05) is 62.3 Å². The zero-order chi connectivity index (χ0) is 24.2. The molecular formula is C26H30ClN5O2. The van der Waals surface area contributed by atoms with Crippen molar-refractivity contribution in [3.05, 3.63) is 81.1 Å². The molecule has 0 aliphatic carbocycles. The standard InChI is InChI=1S/C26H30ClN5O2/c1-18-6-9-22(15-23(18)27)32-25(33)13-12-24(29-32)31-14-4-5-20(17-31)26(34)28-16-19-7-10-21(11-8-19)30(2)3/h6-13,15,20H,4-5,14,16-17H2,1-3H3,(H,28,34)/t20-/m1/s1. The van der Waals surface area contributed by atoms with Crippen LogP contribution in [-0.2, 0) is 11.3 Å². The average Bonchev–Trinajstić information content (AvgIpc) is 2.85. The number of piperidine rings is 1. The third-order valence-corrected chi connectivity index (χ3v) is 6.63. The lowest BCUT2D eigenvalue weighted by atomic mass is 9.97. The van der Waals surface area contributed by atoms with E-state index < -0.39 is 0 Å². The number of rotatable bonds is 6. The van der Waals surface area contributed by atoms with Crippen molar-refractivity contribution < 1.29 is 4.79 Å². The van der Waals surface area contributed by atoms with Gasteiger partial charge in [-0.1, -0.05) is 29.8 Å². The van der Waals surface area contributed by atoms with Crippen LogP contribution in [0.3, 0.4) is 0 Å². The highest BCUT2D eigenvalue weighted by Gasteiger charge is 2.27. The van der Waals surface area contributed by atoms with E-state index in [-0.39, 0.29) is 17.4 Å². The highest BCUT2D eigenvalue weighted by atomic mass is 35.5. The zero-order valence-corrected chi connectivity index (χ0v) is 20.5. The van der Waals surface area contributed by atoms with Gasteiger partial charge in [-0.25, -0.2) is 0 Å². The number of nitrogens with one attached hydrogen (secondary N) is 1. The minimum Gasteiger partial charge on any atom is -0.378 e. The van der Waals surface area contributed by atoms with Crippen molar-refractivity contribution in [2.24, 2.45) is 5.92 Å². The third kappa shape index (κ3) is 5.42. The molecule has 1 fully saturated rings. The summed E-state index contributed by atoms with van der Waals surface area (Å²) >= 11 is 6.25. The summed E-state index contributed by atoms with van der Waals surface area (Å²) in [6.07, 6.45) is 1.71. The van der Waals surface area contributed by atoms with Gasteiger partial charge in [-0.05, 0) is 61.2 Å². The summed E-state index contributed by atoms with van der Waals surface area (Å²) in [6, 6.07) is 16.8. The molecule has 3 aromatic rings. The molecule has 0 unspecified atom stereocenters. The van der Waals surface area contributed by atoms with Crippen molar-refractivity contribution in [1.82, 2.24) is 15.1 Å². The molecule has 1 aliphatic heterocycles. The monoisotopic (exact) mass is 479 g/mol. The van der Waals surface area contributed by atoms with E-state index in [9.17, 15) is 9.59 Å². The van der Waals surface area contributed by atoms with Crippen molar-refractivity contribution in [2.45, 2.75) is 26.3 Å². The number of anilines is 2. The minimum absolute atomic E-state index is 0.0417. The van der Waals surface area contributed by atoms with E-state index >= 15 is 0 Å². The first kappa shape index (κ1) is 23.8. The maximum atomic E-state index is 12.9. The molecule has 1 aliphatic rings. The molecule has 1 amide bonds. The van der Waals surface area contributed by atoms with E-state index in [1.165, 1.54) is 10.7 Å². The van der Waals surface area contributed by atoms with Crippen molar-refractivity contribution in [2.75, 3.05) is 37.0 Å². The van der Waals surface area contributed by atoms with Crippen LogP contribution in [0.25, 0.3) is 5.69 Å². The van der Waals surface area contributed by atoms with Gasteiger partial charge >= 0.3 is 0 Å². The zero-order valence-electron chi connectivity index (χ0n) is 19.8. The fourth-order valence-corrected chi connectivity index (χ4v) is 4.29. The van der Waals surface area contributed by atoms with Crippen LogP contribution in [-0.4, -0.2) is 42.9 Å². The number of halogens is 1. The van der Waals surface area contributed by atoms with Gasteiger partial charge in [-0.2, -0.15) is 4.68 Å². The summed E-state index contributed by atoms with van der Waals surface area (Å²) in [4.78, 5) is 29.5. The number of benzene rings is 2. The molecule has 8 heteroatoms. The third-order valence-electron chi connectivity index (χ3n) is 6.22. The molecule has 34 heavy (non-hydrogen) atoms. The number of aryl methyl sites for hydroxylation is 1. The summed E-state index contributed by atoms with van der Waals surface area (Å²) in [5.74, 6) is 0.582. The first-order valence-electron chi connectivity index (χ1n) is 11.5. The van der Waals surface area contributed by atoms with Gasteiger partial charge in [0.2, 0.25) is 5.91 Å². The van der Waals surface area contributed by atoms with Crippen LogP contribution in [0.15, 0.2) is 59.4 Å². The second kappa shape index (κ2) is 10.3. The predicted molar refractivity (Wildman–Crippen MR) is 137 cm³/mol. The van der Waals surface area contributed by atoms with Gasteiger partial charge in [-0.15, -0.1) is 5.10 Å². The number of aromatic nitrogens is 2. The smallest absolute Gasteiger partial charge is 0.271 e. The van der Waals surface area contributed by atoms with Gasteiger partial charge in [0, 0.05) is 50.5 Å². The quantitative estimate of drug-likeness (QED) is 0.582. The van der Waals surface area contributed by atoms with E-state index in [4.69, 9.17) is 11.6 Å². The van der Waals surface area contributed by atoms with Gasteiger partial charge in [0.25, 0.3) is 5.56 Å². The van der Waals surface area contributed by atoms with Crippen molar-refractivity contribution in [1.29, 1.82) is 0 Å². The molecule has 0 bridgehead atoms. The Morgan fingerprint density at radius 3 is 2.62 bits per heavy atom. The predicted octanol–water partition coefficient (Wildman–Crippen LogP) is 3.79. The largest absolute Gasteiger partial charge is 0.378 e. The maximum absolute atomic E-state index is 12.9. The Balaban J connectivity index is 1.43. The number of carbonyl (C=O) groups is 1. The van der Waals surface area contributed by atoms with E-state index in [0.717, 1.165) is 36.2 Å². The first-order valence-corrected chi connectivity index (χ1v) is 11.9. The first-order chi connectivity index (χ1) is 16.3. The van der Waals surface area contributed by atoms with Crippen molar-refractivity contribution >= 4 is 29.0 Å². The number of carbonyl (C=O) groups excluding carboxylic acids is 1. The molecule has 1 atom stereocenters. The second-order valence-electron chi connectivity index (χ2n) is 8.94. The lowest BCUT2D eigenvalue weighted by Gasteiger charge is -2.33. The Labute approximate surface area is 205 Å². The van der Waals surface area contributed by atoms with Crippen LogP contribution >= 0.6 is 11.6 Å². The Bertz CT molecular complexity index is 1220. The molecule has 2 heterocycles. The van der Waals surface area contributed by atoms with Gasteiger partial charge in [0.1, 0.15) is 5.82 Å². The number of hydrogen-bond acceptors (Lipinski definition) is 5. The summed E-state index contributed by atoms with van der Waals surface area (Å²) in [6.45, 7) is 3.76. The van der Waals surface area contributed by atoms with Crippen LogP contribution in [0, 0.1) is 12.8 Å². The van der Waals surface area contributed by atoms with Crippen molar-refractivity contribution in [3.63, 3.8) is 0 Å². The second-order valence-corrected chi connectivity index (χ2v) is 9.35.